The zero-order chi connectivity index (χ0) is 16.0. The van der Waals surface area contributed by atoms with Gasteiger partial charge in [-0.2, -0.15) is 0 Å². The average Bonchev–Trinajstić information content (AvgIpc) is 2.44. The zero-order valence-electron chi connectivity index (χ0n) is 13.0. The number of amides is 3. The molecule has 1 unspecified atom stereocenters. The minimum Gasteiger partial charge on any atom is -0.338 e. The van der Waals surface area contributed by atoms with Crippen LogP contribution in [-0.4, -0.2) is 42.5 Å². The maximum atomic E-state index is 12.2. The summed E-state index contributed by atoms with van der Waals surface area (Å²) in [5.41, 5.74) is 6.76. The van der Waals surface area contributed by atoms with Gasteiger partial charge in [-0.25, -0.2) is 4.79 Å². The minimum absolute atomic E-state index is 0.0212. The Labute approximate surface area is 125 Å². The molecule has 116 valence electrons. The Morgan fingerprint density at radius 2 is 1.76 bits per heavy atom. The summed E-state index contributed by atoms with van der Waals surface area (Å²) in [7, 11) is 1.72. The van der Waals surface area contributed by atoms with Crippen molar-refractivity contribution in [1.82, 2.24) is 10.2 Å². The van der Waals surface area contributed by atoms with E-state index in [-0.39, 0.29) is 24.0 Å². The number of carbonyl (C=O) groups is 2. The SMILES string of the molecule is CC(C)NC(=O)Nc1ccc(C(=O)N(C)C(C)CN)cc1. The van der Waals surface area contributed by atoms with E-state index in [1.54, 1.807) is 36.2 Å². The Kier molecular flexibility index (Phi) is 6.17. The van der Waals surface area contributed by atoms with Crippen LogP contribution >= 0.6 is 0 Å². The first-order valence-corrected chi connectivity index (χ1v) is 7.00. The number of urea groups is 1. The number of hydrogen-bond acceptors (Lipinski definition) is 3. The van der Waals surface area contributed by atoms with Gasteiger partial charge in [0.05, 0.1) is 0 Å². The Morgan fingerprint density at radius 1 is 1.19 bits per heavy atom. The molecular formula is C15H24N4O2. The smallest absolute Gasteiger partial charge is 0.319 e. The predicted octanol–water partition coefficient (Wildman–Crippen LogP) is 1.64. The summed E-state index contributed by atoms with van der Waals surface area (Å²) < 4.78 is 0. The quantitative estimate of drug-likeness (QED) is 0.771. The number of likely N-dealkylation sites (N-methyl/N-ethyl adjacent to an activating group) is 1. The molecule has 0 heterocycles. The minimum atomic E-state index is -0.266. The van der Waals surface area contributed by atoms with Gasteiger partial charge >= 0.3 is 6.03 Å². The maximum Gasteiger partial charge on any atom is 0.319 e. The standard InChI is InChI=1S/C15H24N4O2/c1-10(2)17-15(21)18-13-7-5-12(6-8-13)14(20)19(4)11(3)9-16/h5-8,10-11H,9,16H2,1-4H3,(H2,17,18,21). The molecule has 0 aromatic heterocycles. The first-order valence-electron chi connectivity index (χ1n) is 7.00. The van der Waals surface area contributed by atoms with Crippen LogP contribution in [0.25, 0.3) is 0 Å². The van der Waals surface area contributed by atoms with Crippen molar-refractivity contribution < 1.29 is 9.59 Å². The molecule has 1 rings (SSSR count). The fourth-order valence-electron chi connectivity index (χ4n) is 1.69. The van der Waals surface area contributed by atoms with Crippen LogP contribution in [0.2, 0.25) is 0 Å². The van der Waals surface area contributed by atoms with Gasteiger partial charge in [0, 0.05) is 36.9 Å². The Morgan fingerprint density at radius 3 is 2.24 bits per heavy atom. The highest BCUT2D eigenvalue weighted by Gasteiger charge is 2.16. The first-order chi connectivity index (χ1) is 9.85. The molecule has 4 N–H and O–H groups in total. The van der Waals surface area contributed by atoms with Gasteiger partial charge in [0.15, 0.2) is 0 Å². The number of carbonyl (C=O) groups excluding carboxylic acids is 2. The molecule has 6 nitrogen and oxygen atoms in total. The van der Waals surface area contributed by atoms with Gasteiger partial charge in [-0.1, -0.05) is 0 Å². The normalized spacial score (nSPS) is 11.9. The van der Waals surface area contributed by atoms with Crippen LogP contribution in [-0.2, 0) is 0 Å². The summed E-state index contributed by atoms with van der Waals surface area (Å²) in [4.78, 5) is 25.4. The molecule has 21 heavy (non-hydrogen) atoms. The van der Waals surface area contributed by atoms with E-state index < -0.39 is 0 Å². The third kappa shape index (κ3) is 5.07. The highest BCUT2D eigenvalue weighted by molar-refractivity contribution is 5.95. The van der Waals surface area contributed by atoms with Crippen LogP contribution in [0.4, 0.5) is 10.5 Å². The molecule has 0 aliphatic rings. The largest absolute Gasteiger partial charge is 0.338 e. The van der Waals surface area contributed by atoms with E-state index in [0.717, 1.165) is 0 Å². The number of anilines is 1. The molecule has 1 atom stereocenters. The van der Waals surface area contributed by atoms with Gasteiger partial charge in [0.25, 0.3) is 5.91 Å². The zero-order valence-corrected chi connectivity index (χ0v) is 13.0. The van der Waals surface area contributed by atoms with Gasteiger partial charge in [-0.15, -0.1) is 0 Å². The van der Waals surface area contributed by atoms with Crippen molar-refractivity contribution in [3.63, 3.8) is 0 Å². The summed E-state index contributed by atoms with van der Waals surface area (Å²) in [6.07, 6.45) is 0. The average molecular weight is 292 g/mol. The summed E-state index contributed by atoms with van der Waals surface area (Å²) in [5.74, 6) is -0.0915. The molecule has 0 aliphatic carbocycles. The monoisotopic (exact) mass is 292 g/mol. The molecular weight excluding hydrogens is 268 g/mol. The van der Waals surface area contributed by atoms with Crippen molar-refractivity contribution in [2.75, 3.05) is 18.9 Å². The van der Waals surface area contributed by atoms with Crippen molar-refractivity contribution in [3.05, 3.63) is 29.8 Å². The third-order valence-corrected chi connectivity index (χ3v) is 3.13. The van der Waals surface area contributed by atoms with Crippen molar-refractivity contribution in [2.45, 2.75) is 32.9 Å². The number of benzene rings is 1. The molecule has 0 aliphatic heterocycles. The molecule has 0 spiro atoms. The van der Waals surface area contributed by atoms with Crippen molar-refractivity contribution in [3.8, 4) is 0 Å². The fraction of sp³-hybridized carbons (Fsp3) is 0.467. The summed E-state index contributed by atoms with van der Waals surface area (Å²) in [5, 5.41) is 5.44. The van der Waals surface area contributed by atoms with Crippen molar-refractivity contribution >= 4 is 17.6 Å². The lowest BCUT2D eigenvalue weighted by Gasteiger charge is -2.23. The van der Waals surface area contributed by atoms with E-state index in [9.17, 15) is 9.59 Å². The summed E-state index contributed by atoms with van der Waals surface area (Å²) in [6.45, 7) is 6.08. The van der Waals surface area contributed by atoms with Crippen LogP contribution in [0.5, 0.6) is 0 Å². The number of nitrogens with one attached hydrogen (secondary N) is 2. The Bertz CT molecular complexity index is 485. The highest BCUT2D eigenvalue weighted by atomic mass is 16.2. The lowest BCUT2D eigenvalue weighted by atomic mass is 10.1. The van der Waals surface area contributed by atoms with E-state index in [1.165, 1.54) is 0 Å². The summed E-state index contributed by atoms with van der Waals surface area (Å²) >= 11 is 0. The number of nitrogens with zero attached hydrogens (tertiary/aromatic N) is 1. The predicted molar refractivity (Wildman–Crippen MR) is 84.3 cm³/mol. The van der Waals surface area contributed by atoms with Crippen LogP contribution in [0.3, 0.4) is 0 Å². The molecule has 6 heteroatoms. The Hall–Kier alpha value is -2.08. The second-order valence-corrected chi connectivity index (χ2v) is 5.33. The number of hydrogen-bond donors (Lipinski definition) is 3. The van der Waals surface area contributed by atoms with Crippen LogP contribution in [0, 0.1) is 0 Å². The van der Waals surface area contributed by atoms with Crippen LogP contribution in [0.15, 0.2) is 24.3 Å². The van der Waals surface area contributed by atoms with Crippen molar-refractivity contribution in [1.29, 1.82) is 0 Å². The van der Waals surface area contributed by atoms with E-state index in [4.69, 9.17) is 5.73 Å². The van der Waals surface area contributed by atoms with E-state index in [0.29, 0.717) is 17.8 Å². The topological polar surface area (TPSA) is 87.5 Å². The molecule has 3 amide bonds. The van der Waals surface area contributed by atoms with E-state index in [2.05, 4.69) is 10.6 Å². The van der Waals surface area contributed by atoms with Gasteiger partial charge in [-0.05, 0) is 45.0 Å². The fourth-order valence-corrected chi connectivity index (χ4v) is 1.69. The van der Waals surface area contributed by atoms with Gasteiger partial charge in [0.2, 0.25) is 0 Å². The molecule has 0 bridgehead atoms. The lowest BCUT2D eigenvalue weighted by Crippen LogP contribution is -2.39. The maximum absolute atomic E-state index is 12.2. The molecule has 1 aromatic carbocycles. The third-order valence-electron chi connectivity index (χ3n) is 3.13. The highest BCUT2D eigenvalue weighted by Crippen LogP contribution is 2.12. The molecule has 0 saturated heterocycles. The number of rotatable bonds is 5. The van der Waals surface area contributed by atoms with E-state index in [1.807, 2.05) is 20.8 Å². The van der Waals surface area contributed by atoms with Crippen LogP contribution in [0.1, 0.15) is 31.1 Å². The molecule has 0 fully saturated rings. The lowest BCUT2D eigenvalue weighted by molar-refractivity contribution is 0.0748. The van der Waals surface area contributed by atoms with Gasteiger partial charge in [0.1, 0.15) is 0 Å². The number of nitrogens with two attached hydrogens (primary N) is 1. The molecule has 0 saturated carbocycles. The molecule has 1 aromatic rings. The summed E-state index contributed by atoms with van der Waals surface area (Å²) in [6, 6.07) is 6.56. The first kappa shape index (κ1) is 17.0. The van der Waals surface area contributed by atoms with Gasteiger partial charge < -0.3 is 21.3 Å². The second kappa shape index (κ2) is 7.64. The Balaban J connectivity index is 2.69. The second-order valence-electron chi connectivity index (χ2n) is 5.33. The van der Waals surface area contributed by atoms with Crippen LogP contribution < -0.4 is 16.4 Å². The van der Waals surface area contributed by atoms with Gasteiger partial charge in [-0.3, -0.25) is 4.79 Å². The van der Waals surface area contributed by atoms with Crippen molar-refractivity contribution in [2.24, 2.45) is 5.73 Å². The molecule has 0 radical (unpaired) electrons. The van der Waals surface area contributed by atoms with E-state index >= 15 is 0 Å².